The number of hydrogen-bond acceptors (Lipinski definition) is 3. The van der Waals surface area contributed by atoms with E-state index >= 15 is 0 Å². The molecule has 0 bridgehead atoms. The summed E-state index contributed by atoms with van der Waals surface area (Å²) in [6.45, 7) is 7.37. The van der Waals surface area contributed by atoms with E-state index in [0.29, 0.717) is 0 Å². The van der Waals surface area contributed by atoms with E-state index in [9.17, 15) is 0 Å². The molecule has 0 amide bonds. The van der Waals surface area contributed by atoms with Gasteiger partial charge in [-0.25, -0.2) is 0 Å². The average molecular weight is 251 g/mol. The molecule has 1 atom stereocenters. The van der Waals surface area contributed by atoms with Gasteiger partial charge in [-0.3, -0.25) is 5.32 Å². The van der Waals surface area contributed by atoms with Gasteiger partial charge in [0.05, 0.1) is 0 Å². The maximum atomic E-state index is 8.69. The first-order valence-electron chi connectivity index (χ1n) is 6.72. The molecule has 0 saturated heterocycles. The van der Waals surface area contributed by atoms with Crippen molar-refractivity contribution in [1.82, 2.24) is 5.32 Å². The first kappa shape index (κ1) is 15.0. The summed E-state index contributed by atoms with van der Waals surface area (Å²) >= 11 is 0. The molecule has 2 N–H and O–H groups in total. The van der Waals surface area contributed by atoms with Crippen LogP contribution in [0.5, 0.6) is 5.75 Å². The molecule has 0 radical (unpaired) electrons. The van der Waals surface area contributed by atoms with Gasteiger partial charge in [0.15, 0.2) is 0 Å². The van der Waals surface area contributed by atoms with Crippen molar-refractivity contribution in [1.29, 1.82) is 0 Å². The van der Waals surface area contributed by atoms with Gasteiger partial charge in [0.25, 0.3) is 0 Å². The lowest BCUT2D eigenvalue weighted by Gasteiger charge is -2.19. The lowest BCUT2D eigenvalue weighted by Crippen LogP contribution is -2.32. The fourth-order valence-electron chi connectivity index (χ4n) is 1.92. The van der Waals surface area contributed by atoms with Gasteiger partial charge in [0, 0.05) is 6.61 Å². The molecular weight excluding hydrogens is 226 g/mol. The Balaban J connectivity index is 2.33. The van der Waals surface area contributed by atoms with Gasteiger partial charge in [0.1, 0.15) is 12.0 Å². The summed E-state index contributed by atoms with van der Waals surface area (Å²) in [5, 5.41) is 12.0. The van der Waals surface area contributed by atoms with Gasteiger partial charge >= 0.3 is 0 Å². The summed E-state index contributed by atoms with van der Waals surface area (Å²) in [7, 11) is 0. The van der Waals surface area contributed by atoms with Gasteiger partial charge in [-0.05, 0) is 57.7 Å². The van der Waals surface area contributed by atoms with E-state index in [4.69, 9.17) is 9.84 Å². The molecule has 102 valence electrons. The zero-order valence-electron chi connectivity index (χ0n) is 11.7. The van der Waals surface area contributed by atoms with Crippen LogP contribution in [0.4, 0.5) is 0 Å². The highest BCUT2D eigenvalue weighted by Gasteiger charge is 2.07. The van der Waals surface area contributed by atoms with E-state index in [1.807, 2.05) is 13.0 Å². The third kappa shape index (κ3) is 5.07. The van der Waals surface area contributed by atoms with Crippen molar-refractivity contribution >= 4 is 0 Å². The standard InChI is InChI=1S/C15H25NO2/c1-12-8-7-9-13(2)15(12)18-14(3)16-10-5-4-6-11-17/h7-9,14,16-17H,4-6,10-11H2,1-3H3. The number of ether oxygens (including phenoxy) is 1. The minimum absolute atomic E-state index is 0.0129. The van der Waals surface area contributed by atoms with Crippen LogP contribution in [0.15, 0.2) is 18.2 Å². The van der Waals surface area contributed by atoms with E-state index in [1.165, 1.54) is 11.1 Å². The Morgan fingerprint density at radius 3 is 2.44 bits per heavy atom. The monoisotopic (exact) mass is 251 g/mol. The molecule has 0 heterocycles. The van der Waals surface area contributed by atoms with Crippen LogP contribution < -0.4 is 10.1 Å². The van der Waals surface area contributed by atoms with Crippen LogP contribution >= 0.6 is 0 Å². The molecule has 0 saturated carbocycles. The van der Waals surface area contributed by atoms with Crippen LogP contribution in [-0.4, -0.2) is 24.5 Å². The van der Waals surface area contributed by atoms with E-state index < -0.39 is 0 Å². The third-order valence-corrected chi connectivity index (χ3v) is 2.97. The highest BCUT2D eigenvalue weighted by atomic mass is 16.5. The molecule has 0 spiro atoms. The molecule has 3 heteroatoms. The molecule has 1 aromatic rings. The number of para-hydroxylation sites is 1. The Labute approximate surface area is 110 Å². The number of aliphatic hydroxyl groups is 1. The highest BCUT2D eigenvalue weighted by Crippen LogP contribution is 2.22. The molecule has 0 aliphatic heterocycles. The molecule has 0 fully saturated rings. The van der Waals surface area contributed by atoms with Gasteiger partial charge in [-0.15, -0.1) is 0 Å². The molecule has 0 aliphatic rings. The normalized spacial score (nSPS) is 12.4. The molecule has 0 aromatic heterocycles. The summed E-state index contributed by atoms with van der Waals surface area (Å²) in [5.74, 6) is 0.979. The molecule has 0 aliphatic carbocycles. The van der Waals surface area contributed by atoms with E-state index in [2.05, 4.69) is 31.3 Å². The van der Waals surface area contributed by atoms with Gasteiger partial charge in [0.2, 0.25) is 0 Å². The molecule has 1 rings (SSSR count). The number of benzene rings is 1. The van der Waals surface area contributed by atoms with Crippen LogP contribution in [0, 0.1) is 13.8 Å². The van der Waals surface area contributed by atoms with Crippen LogP contribution in [0.25, 0.3) is 0 Å². The van der Waals surface area contributed by atoms with Crippen molar-refractivity contribution in [3.05, 3.63) is 29.3 Å². The number of aryl methyl sites for hydroxylation is 2. The van der Waals surface area contributed by atoms with Gasteiger partial charge in [-0.1, -0.05) is 18.2 Å². The summed E-state index contributed by atoms with van der Waals surface area (Å²) in [5.41, 5.74) is 2.34. The zero-order chi connectivity index (χ0) is 13.4. The second-order valence-electron chi connectivity index (χ2n) is 4.72. The zero-order valence-corrected chi connectivity index (χ0v) is 11.7. The molecule has 1 unspecified atom stereocenters. The van der Waals surface area contributed by atoms with Crippen LogP contribution in [0.1, 0.15) is 37.3 Å². The fraction of sp³-hybridized carbons (Fsp3) is 0.600. The van der Waals surface area contributed by atoms with Crippen molar-refractivity contribution in [2.24, 2.45) is 0 Å². The number of hydrogen-bond donors (Lipinski definition) is 2. The fourth-order valence-corrected chi connectivity index (χ4v) is 1.92. The third-order valence-electron chi connectivity index (χ3n) is 2.97. The Bertz CT molecular complexity index is 332. The molecule has 1 aromatic carbocycles. The van der Waals surface area contributed by atoms with E-state index in [-0.39, 0.29) is 12.8 Å². The predicted octanol–water partition coefficient (Wildman–Crippen LogP) is 2.78. The Hall–Kier alpha value is -1.06. The summed E-state index contributed by atoms with van der Waals surface area (Å²) < 4.78 is 5.92. The second kappa shape index (κ2) is 8.11. The first-order valence-corrected chi connectivity index (χ1v) is 6.72. The van der Waals surface area contributed by atoms with Gasteiger partial charge in [-0.2, -0.15) is 0 Å². The SMILES string of the molecule is Cc1cccc(C)c1OC(C)NCCCCCO. The average Bonchev–Trinajstić information content (AvgIpc) is 2.34. The first-order chi connectivity index (χ1) is 8.65. The van der Waals surface area contributed by atoms with Crippen molar-refractivity contribution in [2.75, 3.05) is 13.2 Å². The van der Waals surface area contributed by atoms with E-state index in [1.54, 1.807) is 0 Å². The minimum Gasteiger partial charge on any atom is -0.475 e. The summed E-state index contributed by atoms with van der Waals surface area (Å²) in [6, 6.07) is 6.18. The van der Waals surface area contributed by atoms with Crippen molar-refractivity contribution in [2.45, 2.75) is 46.3 Å². The second-order valence-corrected chi connectivity index (χ2v) is 4.72. The van der Waals surface area contributed by atoms with Crippen LogP contribution in [0.2, 0.25) is 0 Å². The summed E-state index contributed by atoms with van der Waals surface area (Å²) in [4.78, 5) is 0. The van der Waals surface area contributed by atoms with Crippen molar-refractivity contribution < 1.29 is 9.84 Å². The predicted molar refractivity (Wildman–Crippen MR) is 74.9 cm³/mol. The Morgan fingerprint density at radius 2 is 1.83 bits per heavy atom. The van der Waals surface area contributed by atoms with Crippen LogP contribution in [0.3, 0.4) is 0 Å². The minimum atomic E-state index is 0.0129. The van der Waals surface area contributed by atoms with E-state index in [0.717, 1.165) is 31.6 Å². The van der Waals surface area contributed by atoms with Gasteiger partial charge < -0.3 is 9.84 Å². The number of unbranched alkanes of at least 4 members (excludes halogenated alkanes) is 2. The quantitative estimate of drug-likeness (QED) is 0.551. The molecule has 3 nitrogen and oxygen atoms in total. The Morgan fingerprint density at radius 1 is 1.17 bits per heavy atom. The Kier molecular flexibility index (Phi) is 6.76. The smallest absolute Gasteiger partial charge is 0.147 e. The number of rotatable bonds is 8. The maximum Gasteiger partial charge on any atom is 0.147 e. The maximum absolute atomic E-state index is 8.69. The number of nitrogens with one attached hydrogen (secondary N) is 1. The molecule has 18 heavy (non-hydrogen) atoms. The number of aliphatic hydroxyl groups excluding tert-OH is 1. The summed E-state index contributed by atoms with van der Waals surface area (Å²) in [6.07, 6.45) is 3.02. The van der Waals surface area contributed by atoms with Crippen molar-refractivity contribution in [3.63, 3.8) is 0 Å². The lowest BCUT2D eigenvalue weighted by molar-refractivity contribution is 0.179. The largest absolute Gasteiger partial charge is 0.475 e. The highest BCUT2D eigenvalue weighted by molar-refractivity contribution is 5.39. The molecular formula is C15H25NO2. The lowest BCUT2D eigenvalue weighted by atomic mass is 10.1. The van der Waals surface area contributed by atoms with Crippen molar-refractivity contribution in [3.8, 4) is 5.75 Å². The van der Waals surface area contributed by atoms with Crippen LogP contribution in [-0.2, 0) is 0 Å². The topological polar surface area (TPSA) is 41.5 Å².